The number of hydrogen-bond acceptors (Lipinski definition) is 3. The van der Waals surface area contributed by atoms with Crippen LogP contribution >= 0.6 is 22.6 Å². The van der Waals surface area contributed by atoms with Crippen molar-refractivity contribution < 1.29 is 18.8 Å². The Morgan fingerprint density at radius 2 is 1.93 bits per heavy atom. The number of nitrogens with one attached hydrogen (secondary N) is 1. The quantitative estimate of drug-likeness (QED) is 0.349. The minimum atomic E-state index is -1.08. The molecule has 0 aliphatic heterocycles. The predicted molar refractivity (Wildman–Crippen MR) is 113 cm³/mol. The predicted octanol–water partition coefficient (Wildman–Crippen LogP) is 4.57. The number of carbonyl (C=O) groups excluding carboxylic acids is 3. The molecule has 1 unspecified atom stereocenters. The summed E-state index contributed by atoms with van der Waals surface area (Å²) in [7, 11) is 0. The highest BCUT2D eigenvalue weighted by Gasteiger charge is 2.34. The number of halogens is 2. The number of aldehydes is 1. The van der Waals surface area contributed by atoms with Gasteiger partial charge in [0.1, 0.15) is 17.5 Å². The highest BCUT2D eigenvalue weighted by atomic mass is 127. The van der Waals surface area contributed by atoms with Crippen molar-refractivity contribution in [3.63, 3.8) is 0 Å². The van der Waals surface area contributed by atoms with Gasteiger partial charge in [0, 0.05) is 9.13 Å². The van der Waals surface area contributed by atoms with Crippen molar-refractivity contribution in [1.82, 2.24) is 5.32 Å². The SMILES string of the molecule is CC(=O)C(C(=O)N[C@H](c1cccc(F)c1)C1CCC1)c1cccc(I)c1C=O. The highest BCUT2D eigenvalue weighted by molar-refractivity contribution is 14.1. The molecule has 1 amide bonds. The van der Waals surface area contributed by atoms with Crippen LogP contribution in [-0.2, 0) is 9.59 Å². The van der Waals surface area contributed by atoms with E-state index in [9.17, 15) is 18.8 Å². The summed E-state index contributed by atoms with van der Waals surface area (Å²) < 4.78 is 14.4. The van der Waals surface area contributed by atoms with Crippen molar-refractivity contribution in [2.75, 3.05) is 0 Å². The van der Waals surface area contributed by atoms with Crippen molar-refractivity contribution in [1.29, 1.82) is 0 Å². The fourth-order valence-electron chi connectivity index (χ4n) is 3.66. The lowest BCUT2D eigenvalue weighted by molar-refractivity contribution is -0.130. The first-order valence-electron chi connectivity index (χ1n) is 9.22. The van der Waals surface area contributed by atoms with Gasteiger partial charge in [-0.2, -0.15) is 0 Å². The van der Waals surface area contributed by atoms with E-state index in [1.54, 1.807) is 30.3 Å². The molecule has 0 bridgehead atoms. The molecule has 0 aromatic heterocycles. The summed E-state index contributed by atoms with van der Waals surface area (Å²) in [5.41, 5.74) is 1.45. The molecule has 1 aliphatic rings. The van der Waals surface area contributed by atoms with Gasteiger partial charge < -0.3 is 5.32 Å². The number of carbonyl (C=O) groups is 3. The molecular weight excluding hydrogens is 472 g/mol. The van der Waals surface area contributed by atoms with E-state index in [-0.39, 0.29) is 23.6 Å². The van der Waals surface area contributed by atoms with Crippen molar-refractivity contribution in [2.45, 2.75) is 38.1 Å². The van der Waals surface area contributed by atoms with Crippen LogP contribution in [0.25, 0.3) is 0 Å². The van der Waals surface area contributed by atoms with Crippen LogP contribution in [0.5, 0.6) is 0 Å². The van der Waals surface area contributed by atoms with E-state index < -0.39 is 11.8 Å². The lowest BCUT2D eigenvalue weighted by atomic mass is 9.76. The molecule has 0 saturated heterocycles. The summed E-state index contributed by atoms with van der Waals surface area (Å²) in [6, 6.07) is 11.0. The maximum absolute atomic E-state index is 13.7. The van der Waals surface area contributed by atoms with E-state index in [0.29, 0.717) is 26.5 Å². The number of rotatable bonds is 7. The van der Waals surface area contributed by atoms with Crippen molar-refractivity contribution >= 4 is 40.6 Å². The molecule has 1 fully saturated rings. The third-order valence-electron chi connectivity index (χ3n) is 5.31. The van der Waals surface area contributed by atoms with Crippen LogP contribution in [0.3, 0.4) is 0 Å². The molecule has 2 aromatic rings. The molecule has 1 saturated carbocycles. The van der Waals surface area contributed by atoms with Crippen molar-refractivity contribution in [3.05, 3.63) is 68.5 Å². The molecule has 3 rings (SSSR count). The first-order valence-corrected chi connectivity index (χ1v) is 10.3. The Hall–Kier alpha value is -2.09. The van der Waals surface area contributed by atoms with Crippen LogP contribution in [0.15, 0.2) is 42.5 Å². The third kappa shape index (κ3) is 4.32. The second-order valence-electron chi connectivity index (χ2n) is 7.14. The Balaban J connectivity index is 1.94. The summed E-state index contributed by atoms with van der Waals surface area (Å²) >= 11 is 2.01. The zero-order valence-corrected chi connectivity index (χ0v) is 17.6. The fourth-order valence-corrected chi connectivity index (χ4v) is 4.30. The zero-order chi connectivity index (χ0) is 20.3. The second-order valence-corrected chi connectivity index (χ2v) is 8.30. The summed E-state index contributed by atoms with van der Waals surface area (Å²) in [6.45, 7) is 1.35. The van der Waals surface area contributed by atoms with Gasteiger partial charge in [0.25, 0.3) is 0 Å². The van der Waals surface area contributed by atoms with Crippen LogP contribution in [0.1, 0.15) is 59.6 Å². The van der Waals surface area contributed by atoms with E-state index >= 15 is 0 Å². The average molecular weight is 493 g/mol. The summed E-state index contributed by atoms with van der Waals surface area (Å²) in [5, 5.41) is 2.97. The Morgan fingerprint density at radius 3 is 2.50 bits per heavy atom. The first kappa shape index (κ1) is 20.6. The van der Waals surface area contributed by atoms with Gasteiger partial charge in [-0.05, 0) is 77.6 Å². The maximum Gasteiger partial charge on any atom is 0.235 e. The van der Waals surface area contributed by atoms with Crippen LogP contribution in [0, 0.1) is 15.3 Å². The highest BCUT2D eigenvalue weighted by Crippen LogP contribution is 2.38. The molecule has 0 heterocycles. The number of ketones is 1. The van der Waals surface area contributed by atoms with E-state index in [1.165, 1.54) is 19.1 Å². The zero-order valence-electron chi connectivity index (χ0n) is 15.5. The molecule has 2 aromatic carbocycles. The Morgan fingerprint density at radius 1 is 1.21 bits per heavy atom. The number of amides is 1. The van der Waals surface area contributed by atoms with Gasteiger partial charge in [-0.25, -0.2) is 4.39 Å². The lowest BCUT2D eigenvalue weighted by Crippen LogP contribution is -2.40. The minimum absolute atomic E-state index is 0.208. The Kier molecular flexibility index (Phi) is 6.59. The number of Topliss-reactive ketones (excluding diaryl/α,β-unsaturated/α-hetero) is 1. The smallest absolute Gasteiger partial charge is 0.235 e. The molecule has 1 aliphatic carbocycles. The van der Waals surface area contributed by atoms with Crippen molar-refractivity contribution in [2.24, 2.45) is 5.92 Å². The molecule has 28 heavy (non-hydrogen) atoms. The summed E-state index contributed by atoms with van der Waals surface area (Å²) in [6.07, 6.45) is 3.62. The Bertz CT molecular complexity index is 910. The molecule has 0 spiro atoms. The van der Waals surface area contributed by atoms with E-state index in [1.807, 2.05) is 22.6 Å². The summed E-state index contributed by atoms with van der Waals surface area (Å²) in [4.78, 5) is 37.0. The fraction of sp³-hybridized carbons (Fsp3) is 0.318. The Labute approximate surface area is 177 Å². The van der Waals surface area contributed by atoms with Crippen molar-refractivity contribution in [3.8, 4) is 0 Å². The van der Waals surface area contributed by atoms with E-state index in [2.05, 4.69) is 5.32 Å². The summed E-state index contributed by atoms with van der Waals surface area (Å²) in [5.74, 6) is -2.03. The topological polar surface area (TPSA) is 63.2 Å². The van der Waals surface area contributed by atoms with Gasteiger partial charge in [-0.3, -0.25) is 14.4 Å². The standard InChI is InChI=1S/C22H21FINO3/c1-13(27)20(17-9-4-10-19(24)18(17)12-26)22(28)25-21(14-5-2-6-14)15-7-3-8-16(23)11-15/h3-4,7-12,14,20-21H,2,5-6H2,1H3,(H,25,28)/t20?,21-/m0/s1. The normalized spacial score (nSPS) is 16.0. The first-order chi connectivity index (χ1) is 13.4. The largest absolute Gasteiger partial charge is 0.348 e. The van der Waals surface area contributed by atoms with Crippen LogP contribution in [0.4, 0.5) is 4.39 Å². The molecule has 2 atom stereocenters. The van der Waals surface area contributed by atoms with E-state index in [4.69, 9.17) is 0 Å². The van der Waals surface area contributed by atoms with Crippen LogP contribution < -0.4 is 5.32 Å². The van der Waals surface area contributed by atoms with E-state index in [0.717, 1.165) is 19.3 Å². The molecule has 4 nitrogen and oxygen atoms in total. The maximum atomic E-state index is 13.7. The molecule has 1 N–H and O–H groups in total. The van der Waals surface area contributed by atoms with Crippen LogP contribution in [-0.4, -0.2) is 18.0 Å². The van der Waals surface area contributed by atoms with Gasteiger partial charge in [0.15, 0.2) is 6.29 Å². The van der Waals surface area contributed by atoms with Gasteiger partial charge in [0.2, 0.25) is 5.91 Å². The second kappa shape index (κ2) is 8.94. The van der Waals surface area contributed by atoms with Gasteiger partial charge in [0.05, 0.1) is 6.04 Å². The lowest BCUT2D eigenvalue weighted by Gasteiger charge is -2.35. The molecule has 0 radical (unpaired) electrons. The molecule has 146 valence electrons. The third-order valence-corrected chi connectivity index (χ3v) is 6.25. The van der Waals surface area contributed by atoms with Gasteiger partial charge in [-0.15, -0.1) is 0 Å². The molecular formula is C22H21FINO3. The number of hydrogen-bond donors (Lipinski definition) is 1. The average Bonchev–Trinajstić information content (AvgIpc) is 2.59. The monoisotopic (exact) mass is 493 g/mol. The van der Waals surface area contributed by atoms with Crippen LogP contribution in [0.2, 0.25) is 0 Å². The molecule has 6 heteroatoms. The van der Waals surface area contributed by atoms with Gasteiger partial charge in [-0.1, -0.05) is 30.7 Å². The van der Waals surface area contributed by atoms with Gasteiger partial charge >= 0.3 is 0 Å². The number of benzene rings is 2. The minimum Gasteiger partial charge on any atom is -0.348 e.